The van der Waals surface area contributed by atoms with E-state index < -0.39 is 5.91 Å². The van der Waals surface area contributed by atoms with Gasteiger partial charge in [-0.25, -0.2) is 0 Å². The minimum atomic E-state index is -0.522. The molecule has 2 amide bonds. The second kappa shape index (κ2) is 10.2. The summed E-state index contributed by atoms with van der Waals surface area (Å²) in [5, 5.41) is 16.1. The van der Waals surface area contributed by atoms with E-state index in [4.69, 9.17) is 4.74 Å². The van der Waals surface area contributed by atoms with Gasteiger partial charge in [-0.3, -0.25) is 9.59 Å². The number of carbonyl (C=O) groups excluding carboxylic acids is 2. The maximum absolute atomic E-state index is 12.7. The summed E-state index contributed by atoms with van der Waals surface area (Å²) in [5.41, 5.74) is 2.71. The molecule has 1 aromatic heterocycles. The number of carbonyl (C=O) groups is 2. The Morgan fingerprint density at radius 1 is 0.941 bits per heavy atom. The standard InChI is InChI=1S/C27H22N4O3/c1-34-23-13-11-22(12-14-23)30-27(33)19(16-28)15-20-17-31(25-10-6-5-9-24(20)25)18-26(32)29-21-7-3-2-4-8-21/h2-15,17H,18H2,1H3,(H,29,32)(H,30,33)/b19-15+. The molecule has 0 bridgehead atoms. The number of fused-ring (bicyclic) bond motifs is 1. The van der Waals surface area contributed by atoms with Gasteiger partial charge in [-0.1, -0.05) is 36.4 Å². The number of para-hydroxylation sites is 2. The average molecular weight is 450 g/mol. The molecule has 7 nitrogen and oxygen atoms in total. The highest BCUT2D eigenvalue weighted by molar-refractivity contribution is 6.10. The van der Waals surface area contributed by atoms with Crippen molar-refractivity contribution in [1.29, 1.82) is 5.26 Å². The maximum Gasteiger partial charge on any atom is 0.266 e. The minimum absolute atomic E-state index is 0.0486. The van der Waals surface area contributed by atoms with E-state index in [0.717, 1.165) is 10.9 Å². The lowest BCUT2D eigenvalue weighted by Crippen LogP contribution is -2.18. The fraction of sp³-hybridized carbons (Fsp3) is 0.0741. The molecule has 1 heterocycles. The summed E-state index contributed by atoms with van der Waals surface area (Å²) in [5.74, 6) is -0.0373. The van der Waals surface area contributed by atoms with Crippen LogP contribution in [0.3, 0.4) is 0 Å². The summed E-state index contributed by atoms with van der Waals surface area (Å²) in [7, 11) is 1.56. The molecule has 0 aliphatic carbocycles. The zero-order valence-corrected chi connectivity index (χ0v) is 18.5. The van der Waals surface area contributed by atoms with Crippen molar-refractivity contribution in [1.82, 2.24) is 4.57 Å². The number of nitriles is 1. The van der Waals surface area contributed by atoms with E-state index in [0.29, 0.717) is 22.7 Å². The summed E-state index contributed by atoms with van der Waals surface area (Å²) in [6, 6.07) is 25.6. The van der Waals surface area contributed by atoms with Crippen LogP contribution in [0, 0.1) is 11.3 Å². The largest absolute Gasteiger partial charge is 0.497 e. The average Bonchev–Trinajstić information content (AvgIpc) is 3.20. The van der Waals surface area contributed by atoms with Crippen molar-refractivity contribution in [3.05, 3.63) is 96.2 Å². The number of ether oxygens (including phenoxy) is 1. The van der Waals surface area contributed by atoms with Crippen LogP contribution in [0.4, 0.5) is 11.4 Å². The molecule has 4 aromatic rings. The van der Waals surface area contributed by atoms with Gasteiger partial charge in [0.15, 0.2) is 0 Å². The number of nitrogens with zero attached hydrogens (tertiary/aromatic N) is 2. The lowest BCUT2D eigenvalue weighted by atomic mass is 10.1. The van der Waals surface area contributed by atoms with E-state index in [1.165, 1.54) is 6.08 Å². The van der Waals surface area contributed by atoms with Crippen molar-refractivity contribution in [3.63, 3.8) is 0 Å². The highest BCUT2D eigenvalue weighted by atomic mass is 16.5. The van der Waals surface area contributed by atoms with Gasteiger partial charge in [0.2, 0.25) is 5.91 Å². The summed E-state index contributed by atoms with van der Waals surface area (Å²) >= 11 is 0. The number of aromatic nitrogens is 1. The van der Waals surface area contributed by atoms with Crippen LogP contribution in [0.2, 0.25) is 0 Å². The van der Waals surface area contributed by atoms with Gasteiger partial charge >= 0.3 is 0 Å². The number of hydrogen-bond acceptors (Lipinski definition) is 4. The second-order valence-electron chi connectivity index (χ2n) is 7.50. The predicted octanol–water partition coefficient (Wildman–Crippen LogP) is 4.83. The van der Waals surface area contributed by atoms with Crippen molar-refractivity contribution in [2.45, 2.75) is 6.54 Å². The first kappa shape index (κ1) is 22.4. The lowest BCUT2D eigenvalue weighted by Gasteiger charge is -2.07. The second-order valence-corrected chi connectivity index (χ2v) is 7.50. The molecule has 0 atom stereocenters. The van der Waals surface area contributed by atoms with Crippen LogP contribution in [0.15, 0.2) is 90.6 Å². The van der Waals surface area contributed by atoms with E-state index >= 15 is 0 Å². The van der Waals surface area contributed by atoms with Crippen molar-refractivity contribution in [3.8, 4) is 11.8 Å². The van der Waals surface area contributed by atoms with Crippen LogP contribution < -0.4 is 15.4 Å². The molecule has 0 radical (unpaired) electrons. The minimum Gasteiger partial charge on any atom is -0.497 e. The molecule has 7 heteroatoms. The van der Waals surface area contributed by atoms with E-state index in [-0.39, 0.29) is 18.0 Å². The van der Waals surface area contributed by atoms with E-state index in [1.54, 1.807) is 42.1 Å². The molecule has 0 saturated heterocycles. The van der Waals surface area contributed by atoms with Crippen molar-refractivity contribution < 1.29 is 14.3 Å². The third-order valence-electron chi connectivity index (χ3n) is 5.20. The molecule has 0 fully saturated rings. The van der Waals surface area contributed by atoms with Crippen LogP contribution in [0.5, 0.6) is 5.75 Å². The summed E-state index contributed by atoms with van der Waals surface area (Å²) in [4.78, 5) is 25.3. The normalized spacial score (nSPS) is 11.0. The van der Waals surface area contributed by atoms with Crippen molar-refractivity contribution in [2.24, 2.45) is 0 Å². The number of amides is 2. The Balaban J connectivity index is 1.58. The Morgan fingerprint density at radius 3 is 2.32 bits per heavy atom. The third kappa shape index (κ3) is 5.14. The molecule has 0 spiro atoms. The Labute approximate surface area is 196 Å². The van der Waals surface area contributed by atoms with E-state index in [2.05, 4.69) is 10.6 Å². The number of nitrogens with one attached hydrogen (secondary N) is 2. The third-order valence-corrected chi connectivity index (χ3v) is 5.20. The Hall–Kier alpha value is -4.83. The van der Waals surface area contributed by atoms with Gasteiger partial charge in [-0.15, -0.1) is 0 Å². The van der Waals surface area contributed by atoms with E-state index in [1.807, 2.05) is 60.7 Å². The molecule has 168 valence electrons. The van der Waals surface area contributed by atoms with Crippen LogP contribution in [-0.2, 0) is 16.1 Å². The van der Waals surface area contributed by atoms with Gasteiger partial charge in [0.25, 0.3) is 5.91 Å². The number of rotatable bonds is 7. The lowest BCUT2D eigenvalue weighted by molar-refractivity contribution is -0.116. The Morgan fingerprint density at radius 2 is 1.62 bits per heavy atom. The molecule has 34 heavy (non-hydrogen) atoms. The number of hydrogen-bond donors (Lipinski definition) is 2. The quantitative estimate of drug-likeness (QED) is 0.311. The SMILES string of the molecule is COc1ccc(NC(=O)/C(C#N)=C/c2cn(CC(=O)Nc3ccccc3)c3ccccc23)cc1. The Kier molecular flexibility index (Phi) is 6.70. The zero-order valence-electron chi connectivity index (χ0n) is 18.5. The highest BCUT2D eigenvalue weighted by Crippen LogP contribution is 2.24. The van der Waals surface area contributed by atoms with E-state index in [9.17, 15) is 14.9 Å². The van der Waals surface area contributed by atoms with Gasteiger partial charge in [0.1, 0.15) is 23.9 Å². The Bertz CT molecular complexity index is 1400. The summed E-state index contributed by atoms with van der Waals surface area (Å²) < 4.78 is 6.92. The van der Waals surface area contributed by atoms with Gasteiger partial charge < -0.3 is 19.9 Å². The zero-order chi connectivity index (χ0) is 23.9. The fourth-order valence-corrected chi connectivity index (χ4v) is 3.57. The highest BCUT2D eigenvalue weighted by Gasteiger charge is 2.14. The van der Waals surface area contributed by atoms with Crippen LogP contribution in [0.1, 0.15) is 5.56 Å². The molecular weight excluding hydrogens is 428 g/mol. The monoisotopic (exact) mass is 450 g/mol. The number of methoxy groups -OCH3 is 1. The molecule has 0 saturated carbocycles. The summed E-state index contributed by atoms with van der Waals surface area (Å²) in [6.45, 7) is 0.0865. The molecular formula is C27H22N4O3. The van der Waals surface area contributed by atoms with Crippen LogP contribution in [-0.4, -0.2) is 23.5 Å². The number of anilines is 2. The first-order chi connectivity index (χ1) is 16.6. The molecule has 3 aromatic carbocycles. The van der Waals surface area contributed by atoms with Gasteiger partial charge in [-0.2, -0.15) is 5.26 Å². The molecule has 2 N–H and O–H groups in total. The summed E-state index contributed by atoms with van der Waals surface area (Å²) in [6.07, 6.45) is 3.31. The van der Waals surface area contributed by atoms with Crippen molar-refractivity contribution >= 4 is 40.2 Å². The molecule has 0 aliphatic heterocycles. The first-order valence-electron chi connectivity index (χ1n) is 10.6. The predicted molar refractivity (Wildman–Crippen MR) is 132 cm³/mol. The smallest absolute Gasteiger partial charge is 0.266 e. The number of benzene rings is 3. The van der Waals surface area contributed by atoms with Crippen molar-refractivity contribution in [2.75, 3.05) is 17.7 Å². The fourth-order valence-electron chi connectivity index (χ4n) is 3.57. The van der Waals surface area contributed by atoms with Crippen LogP contribution >= 0.6 is 0 Å². The maximum atomic E-state index is 12.7. The topological polar surface area (TPSA) is 96.2 Å². The first-order valence-corrected chi connectivity index (χ1v) is 10.6. The van der Waals surface area contributed by atoms with Gasteiger partial charge in [0, 0.05) is 34.0 Å². The molecule has 0 aliphatic rings. The molecule has 0 unspecified atom stereocenters. The van der Waals surface area contributed by atoms with Crippen LogP contribution in [0.25, 0.3) is 17.0 Å². The molecule has 4 rings (SSSR count). The van der Waals surface area contributed by atoms with Gasteiger partial charge in [-0.05, 0) is 48.5 Å². The van der Waals surface area contributed by atoms with Gasteiger partial charge in [0.05, 0.1) is 7.11 Å².